The Morgan fingerprint density at radius 3 is 2.04 bits per heavy atom. The molecule has 0 saturated heterocycles. The Balaban J connectivity index is 1.52. The number of nitrogens with zero attached hydrogens (tertiary/aromatic N) is 2. The van der Waals surface area contributed by atoms with Gasteiger partial charge in [0.1, 0.15) is 11.5 Å². The summed E-state index contributed by atoms with van der Waals surface area (Å²) in [7, 11) is 0. The van der Waals surface area contributed by atoms with Gasteiger partial charge in [-0.25, -0.2) is 9.97 Å². The van der Waals surface area contributed by atoms with Gasteiger partial charge in [-0.1, -0.05) is 44.9 Å². The zero-order chi connectivity index (χ0) is 15.9. The Morgan fingerprint density at radius 1 is 0.826 bits per heavy atom. The fourth-order valence-corrected chi connectivity index (χ4v) is 3.66. The van der Waals surface area contributed by atoms with Crippen molar-refractivity contribution in [3.05, 3.63) is 18.1 Å². The van der Waals surface area contributed by atoms with Gasteiger partial charge in [0.25, 0.3) is 5.91 Å². The first kappa shape index (κ1) is 16.2. The van der Waals surface area contributed by atoms with E-state index in [-0.39, 0.29) is 5.91 Å². The monoisotopic (exact) mass is 316 g/mol. The van der Waals surface area contributed by atoms with Gasteiger partial charge in [-0.15, -0.1) is 0 Å². The van der Waals surface area contributed by atoms with Crippen LogP contribution in [0.4, 0.5) is 5.82 Å². The third-order valence-corrected chi connectivity index (χ3v) is 5.03. The van der Waals surface area contributed by atoms with Crippen LogP contribution in [0.25, 0.3) is 0 Å². The van der Waals surface area contributed by atoms with Crippen LogP contribution in [0.2, 0.25) is 0 Å². The fraction of sp³-hybridized carbons (Fsp3) is 0.722. The Hall–Kier alpha value is -1.65. The van der Waals surface area contributed by atoms with Gasteiger partial charge in [-0.3, -0.25) is 4.79 Å². The molecule has 2 aliphatic rings. The van der Waals surface area contributed by atoms with Crippen molar-refractivity contribution >= 4 is 11.7 Å². The van der Waals surface area contributed by atoms with Crippen LogP contribution in [-0.4, -0.2) is 28.0 Å². The van der Waals surface area contributed by atoms with Crippen LogP contribution in [0.5, 0.6) is 0 Å². The second-order valence-electron chi connectivity index (χ2n) is 6.93. The van der Waals surface area contributed by atoms with Crippen molar-refractivity contribution in [2.45, 2.75) is 82.7 Å². The molecule has 5 heteroatoms. The zero-order valence-corrected chi connectivity index (χ0v) is 13.9. The Labute approximate surface area is 138 Å². The quantitative estimate of drug-likeness (QED) is 0.832. The molecule has 3 rings (SSSR count). The maximum atomic E-state index is 12.2. The van der Waals surface area contributed by atoms with E-state index >= 15 is 0 Å². The maximum absolute atomic E-state index is 12.2. The molecule has 2 N–H and O–H groups in total. The van der Waals surface area contributed by atoms with E-state index in [4.69, 9.17) is 0 Å². The summed E-state index contributed by atoms with van der Waals surface area (Å²) in [5, 5.41) is 6.55. The van der Waals surface area contributed by atoms with Crippen LogP contribution in [-0.2, 0) is 0 Å². The molecular weight excluding hydrogens is 288 g/mol. The molecule has 23 heavy (non-hydrogen) atoms. The van der Waals surface area contributed by atoms with Gasteiger partial charge in [-0.05, 0) is 25.7 Å². The molecule has 1 aromatic heterocycles. The Morgan fingerprint density at radius 2 is 1.43 bits per heavy atom. The summed E-state index contributed by atoms with van der Waals surface area (Å²) in [6, 6.07) is 0.801. The lowest BCUT2D eigenvalue weighted by molar-refractivity contribution is 0.0922. The number of carbonyl (C=O) groups excluding carboxylic acids is 1. The summed E-state index contributed by atoms with van der Waals surface area (Å²) >= 11 is 0. The zero-order valence-electron chi connectivity index (χ0n) is 13.9. The molecule has 2 saturated carbocycles. The number of rotatable bonds is 4. The van der Waals surface area contributed by atoms with Gasteiger partial charge in [0.2, 0.25) is 0 Å². The highest BCUT2D eigenvalue weighted by Crippen LogP contribution is 2.20. The molecule has 0 spiro atoms. The summed E-state index contributed by atoms with van der Waals surface area (Å²) in [5.74, 6) is 0.691. The second-order valence-corrected chi connectivity index (χ2v) is 6.93. The largest absolute Gasteiger partial charge is 0.366 e. The molecule has 126 valence electrons. The minimum absolute atomic E-state index is 0.0922. The molecule has 1 heterocycles. The molecule has 2 aliphatic carbocycles. The second kappa shape index (κ2) is 8.27. The number of nitrogens with one attached hydrogen (secondary N) is 2. The van der Waals surface area contributed by atoms with Crippen molar-refractivity contribution in [3.63, 3.8) is 0 Å². The molecule has 0 aromatic carbocycles. The molecule has 0 aliphatic heterocycles. The number of hydrogen-bond acceptors (Lipinski definition) is 4. The minimum atomic E-state index is -0.0922. The average molecular weight is 316 g/mol. The van der Waals surface area contributed by atoms with E-state index in [1.165, 1.54) is 57.8 Å². The van der Waals surface area contributed by atoms with E-state index in [0.29, 0.717) is 17.8 Å². The normalized spacial score (nSPS) is 20.7. The topological polar surface area (TPSA) is 66.9 Å². The van der Waals surface area contributed by atoms with Crippen LogP contribution in [0.1, 0.15) is 81.1 Å². The molecule has 0 bridgehead atoms. The highest BCUT2D eigenvalue weighted by atomic mass is 16.1. The van der Waals surface area contributed by atoms with Gasteiger partial charge >= 0.3 is 0 Å². The minimum Gasteiger partial charge on any atom is -0.366 e. The molecular formula is C18H28N4O. The summed E-state index contributed by atoms with van der Waals surface area (Å²) in [6.07, 6.45) is 16.8. The molecule has 5 nitrogen and oxygen atoms in total. The van der Waals surface area contributed by atoms with E-state index in [9.17, 15) is 4.79 Å². The van der Waals surface area contributed by atoms with Gasteiger partial charge in [0.05, 0.1) is 12.4 Å². The molecule has 1 amide bonds. The SMILES string of the molecule is O=C(NC1CCCCC1)c1cnc(NC2CCCCCC2)cn1. The van der Waals surface area contributed by atoms with E-state index in [1.807, 2.05) is 0 Å². The lowest BCUT2D eigenvalue weighted by Crippen LogP contribution is -2.36. The van der Waals surface area contributed by atoms with Crippen molar-refractivity contribution in [1.82, 2.24) is 15.3 Å². The predicted molar refractivity (Wildman–Crippen MR) is 91.5 cm³/mol. The summed E-state index contributed by atoms with van der Waals surface area (Å²) in [6.45, 7) is 0. The van der Waals surface area contributed by atoms with Crippen LogP contribution in [0.15, 0.2) is 12.4 Å². The van der Waals surface area contributed by atoms with Crippen molar-refractivity contribution in [1.29, 1.82) is 0 Å². The number of carbonyl (C=O) groups is 1. The first-order valence-electron chi connectivity index (χ1n) is 9.21. The molecule has 0 atom stereocenters. The van der Waals surface area contributed by atoms with Crippen molar-refractivity contribution < 1.29 is 4.79 Å². The highest BCUT2D eigenvalue weighted by Gasteiger charge is 2.18. The van der Waals surface area contributed by atoms with E-state index in [2.05, 4.69) is 20.6 Å². The number of hydrogen-bond donors (Lipinski definition) is 2. The van der Waals surface area contributed by atoms with Gasteiger partial charge in [0, 0.05) is 12.1 Å². The number of aromatic nitrogens is 2. The average Bonchev–Trinajstić information content (AvgIpc) is 2.85. The first-order chi connectivity index (χ1) is 11.3. The van der Waals surface area contributed by atoms with Gasteiger partial charge in [-0.2, -0.15) is 0 Å². The number of anilines is 1. The maximum Gasteiger partial charge on any atom is 0.271 e. The fourth-order valence-electron chi connectivity index (χ4n) is 3.66. The Bertz CT molecular complexity index is 488. The van der Waals surface area contributed by atoms with E-state index in [1.54, 1.807) is 12.4 Å². The standard InChI is InChI=1S/C18H28N4O/c23-18(22-15-10-6-3-7-11-15)16-12-20-17(13-19-16)21-14-8-4-1-2-5-9-14/h12-15H,1-11H2,(H,20,21)(H,22,23). The van der Waals surface area contributed by atoms with Gasteiger partial charge < -0.3 is 10.6 Å². The highest BCUT2D eigenvalue weighted by molar-refractivity contribution is 5.92. The van der Waals surface area contributed by atoms with Crippen molar-refractivity contribution in [3.8, 4) is 0 Å². The number of amides is 1. The van der Waals surface area contributed by atoms with E-state index in [0.717, 1.165) is 18.7 Å². The smallest absolute Gasteiger partial charge is 0.271 e. The molecule has 1 aromatic rings. The molecule has 0 radical (unpaired) electrons. The predicted octanol–water partition coefficient (Wildman–Crippen LogP) is 3.67. The third kappa shape index (κ3) is 4.91. The lowest BCUT2D eigenvalue weighted by atomic mass is 9.95. The van der Waals surface area contributed by atoms with Crippen LogP contribution in [0.3, 0.4) is 0 Å². The first-order valence-corrected chi connectivity index (χ1v) is 9.21. The van der Waals surface area contributed by atoms with Crippen molar-refractivity contribution in [2.75, 3.05) is 5.32 Å². The van der Waals surface area contributed by atoms with E-state index < -0.39 is 0 Å². The van der Waals surface area contributed by atoms with Gasteiger partial charge in [0.15, 0.2) is 0 Å². The third-order valence-electron chi connectivity index (χ3n) is 5.03. The lowest BCUT2D eigenvalue weighted by Gasteiger charge is -2.22. The summed E-state index contributed by atoms with van der Waals surface area (Å²) in [5.41, 5.74) is 0.419. The van der Waals surface area contributed by atoms with Crippen molar-refractivity contribution in [2.24, 2.45) is 0 Å². The summed E-state index contributed by atoms with van der Waals surface area (Å²) < 4.78 is 0. The van der Waals surface area contributed by atoms with Crippen LogP contribution >= 0.6 is 0 Å². The molecule has 2 fully saturated rings. The summed E-state index contributed by atoms with van der Waals surface area (Å²) in [4.78, 5) is 20.9. The van der Waals surface area contributed by atoms with Crippen LogP contribution < -0.4 is 10.6 Å². The molecule has 0 unspecified atom stereocenters. The van der Waals surface area contributed by atoms with Crippen LogP contribution in [0, 0.1) is 0 Å². The Kier molecular flexibility index (Phi) is 5.83.